The van der Waals surface area contributed by atoms with Gasteiger partial charge in [0.25, 0.3) is 11.8 Å². The fourth-order valence-corrected chi connectivity index (χ4v) is 5.28. The van der Waals surface area contributed by atoms with Crippen LogP contribution in [0, 0.1) is 0 Å². The monoisotopic (exact) mass is 437 g/mol. The lowest BCUT2D eigenvalue weighted by molar-refractivity contribution is -0.115. The molecule has 1 saturated heterocycles. The van der Waals surface area contributed by atoms with Crippen molar-refractivity contribution >= 4 is 51.6 Å². The van der Waals surface area contributed by atoms with Crippen LogP contribution in [-0.4, -0.2) is 35.0 Å². The molecule has 3 aliphatic rings. The van der Waals surface area contributed by atoms with Crippen LogP contribution in [0.3, 0.4) is 0 Å². The minimum absolute atomic E-state index is 0.155. The van der Waals surface area contributed by atoms with Crippen molar-refractivity contribution in [3.8, 4) is 0 Å². The number of amides is 2. The molecule has 0 aliphatic carbocycles. The van der Waals surface area contributed by atoms with E-state index in [9.17, 15) is 9.59 Å². The Labute approximate surface area is 184 Å². The number of anilines is 1. The van der Waals surface area contributed by atoms with E-state index in [2.05, 4.69) is 9.89 Å². The van der Waals surface area contributed by atoms with Gasteiger partial charge in [0, 0.05) is 23.7 Å². The molecule has 3 heterocycles. The van der Waals surface area contributed by atoms with E-state index < -0.39 is 0 Å². The number of likely N-dealkylation sites (tertiary alicyclic amines) is 1. The number of hydrogen-bond acceptors (Lipinski definition) is 4. The number of para-hydroxylation sites is 1. The molecule has 0 aromatic heterocycles. The minimum atomic E-state index is -0.313. The van der Waals surface area contributed by atoms with Gasteiger partial charge in [0.2, 0.25) is 0 Å². The molecule has 0 spiro atoms. The predicted molar refractivity (Wildman–Crippen MR) is 121 cm³/mol. The molecule has 7 heteroatoms. The molecule has 5 nitrogen and oxygen atoms in total. The molecule has 5 rings (SSSR count). The van der Waals surface area contributed by atoms with Gasteiger partial charge in [-0.2, -0.15) is 4.99 Å². The Bertz CT molecular complexity index is 1090. The van der Waals surface area contributed by atoms with Crippen LogP contribution in [0.5, 0.6) is 0 Å². The number of fused-ring (bicyclic) bond motifs is 1. The highest BCUT2D eigenvalue weighted by Gasteiger charge is 2.39. The third kappa shape index (κ3) is 3.44. The summed E-state index contributed by atoms with van der Waals surface area (Å²) in [6.45, 7) is 2.24. The summed E-state index contributed by atoms with van der Waals surface area (Å²) in [6, 6.07) is 15.1. The van der Waals surface area contributed by atoms with Gasteiger partial charge in [-0.1, -0.05) is 41.9 Å². The second-order valence-corrected chi connectivity index (χ2v) is 9.00. The molecule has 1 fully saturated rings. The van der Waals surface area contributed by atoms with Crippen LogP contribution < -0.4 is 4.90 Å². The molecule has 2 amide bonds. The SMILES string of the molecule is O=C1N=C(N2CCCCC2)SC1=C1C(=O)N(Cc2ccc(Cl)cc2)c2ccccc21. The summed E-state index contributed by atoms with van der Waals surface area (Å²) < 4.78 is 0. The quantitative estimate of drug-likeness (QED) is 0.638. The largest absolute Gasteiger partial charge is 0.351 e. The zero-order valence-electron chi connectivity index (χ0n) is 16.3. The van der Waals surface area contributed by atoms with Crippen LogP contribution >= 0.6 is 23.4 Å². The highest BCUT2D eigenvalue weighted by molar-refractivity contribution is 8.18. The Morgan fingerprint density at radius 2 is 1.70 bits per heavy atom. The molecule has 0 saturated carbocycles. The average Bonchev–Trinajstić information content (AvgIpc) is 3.28. The van der Waals surface area contributed by atoms with Crippen LogP contribution in [0.15, 0.2) is 58.4 Å². The van der Waals surface area contributed by atoms with E-state index >= 15 is 0 Å². The van der Waals surface area contributed by atoms with E-state index in [1.165, 1.54) is 18.2 Å². The van der Waals surface area contributed by atoms with Gasteiger partial charge in [-0.05, 0) is 54.8 Å². The summed E-state index contributed by atoms with van der Waals surface area (Å²) in [5.74, 6) is -0.468. The second kappa shape index (κ2) is 7.93. The van der Waals surface area contributed by atoms with Crippen LogP contribution in [0.1, 0.15) is 30.4 Å². The Hall–Kier alpha value is -2.57. The van der Waals surface area contributed by atoms with E-state index in [1.807, 2.05) is 48.5 Å². The molecule has 0 atom stereocenters. The topological polar surface area (TPSA) is 53.0 Å². The first-order valence-corrected chi connectivity index (χ1v) is 11.3. The lowest BCUT2D eigenvalue weighted by Gasteiger charge is -2.27. The summed E-state index contributed by atoms with van der Waals surface area (Å²) in [4.78, 5) is 34.9. The maximum absolute atomic E-state index is 13.5. The first kappa shape index (κ1) is 19.4. The molecule has 0 unspecified atom stereocenters. The molecule has 0 bridgehead atoms. The van der Waals surface area contributed by atoms with Crippen LogP contribution in [0.4, 0.5) is 5.69 Å². The number of amidine groups is 1. The number of piperidine rings is 1. The van der Waals surface area contributed by atoms with Crippen LogP contribution in [-0.2, 0) is 16.1 Å². The molecule has 2 aromatic carbocycles. The molecule has 0 N–H and O–H groups in total. The van der Waals surface area contributed by atoms with Gasteiger partial charge < -0.3 is 9.80 Å². The van der Waals surface area contributed by atoms with Gasteiger partial charge in [-0.15, -0.1) is 0 Å². The lowest BCUT2D eigenvalue weighted by Crippen LogP contribution is -2.33. The number of aliphatic imine (C=N–C) groups is 1. The maximum atomic E-state index is 13.5. The zero-order chi connectivity index (χ0) is 20.7. The number of halogens is 1. The van der Waals surface area contributed by atoms with Crippen molar-refractivity contribution in [3.05, 3.63) is 69.6 Å². The van der Waals surface area contributed by atoms with E-state index in [1.54, 1.807) is 4.90 Å². The van der Waals surface area contributed by atoms with Crippen molar-refractivity contribution in [3.63, 3.8) is 0 Å². The van der Waals surface area contributed by atoms with Crippen molar-refractivity contribution in [1.29, 1.82) is 0 Å². The normalized spacial score (nSPS) is 21.3. The number of benzene rings is 2. The second-order valence-electron chi connectivity index (χ2n) is 7.59. The number of thioether (sulfide) groups is 1. The Morgan fingerprint density at radius 1 is 0.967 bits per heavy atom. The molecule has 2 aromatic rings. The summed E-state index contributed by atoms with van der Waals surface area (Å²) in [7, 11) is 0. The summed E-state index contributed by atoms with van der Waals surface area (Å²) >= 11 is 7.34. The van der Waals surface area contributed by atoms with Crippen molar-refractivity contribution in [2.45, 2.75) is 25.8 Å². The summed E-state index contributed by atoms with van der Waals surface area (Å²) in [6.07, 6.45) is 3.43. The van der Waals surface area contributed by atoms with Gasteiger partial charge in [0.1, 0.15) is 0 Å². The molecular weight excluding hydrogens is 418 g/mol. The Balaban J connectivity index is 1.49. The van der Waals surface area contributed by atoms with E-state index in [0.717, 1.165) is 47.9 Å². The molecule has 3 aliphatic heterocycles. The van der Waals surface area contributed by atoms with Crippen molar-refractivity contribution < 1.29 is 9.59 Å². The van der Waals surface area contributed by atoms with E-state index in [4.69, 9.17) is 11.6 Å². The standard InChI is InChI=1S/C23H20ClN3O2S/c24-16-10-8-15(9-11-16)14-27-18-7-3-2-6-17(18)19(22(27)29)20-21(28)25-23(30-20)26-12-4-1-5-13-26/h2-3,6-11H,1,4-5,12-14H2. The zero-order valence-corrected chi connectivity index (χ0v) is 17.9. The molecular formula is C23H20ClN3O2S. The van der Waals surface area contributed by atoms with Crippen LogP contribution in [0.2, 0.25) is 5.02 Å². The van der Waals surface area contributed by atoms with Gasteiger partial charge >= 0.3 is 0 Å². The third-order valence-electron chi connectivity index (χ3n) is 5.62. The minimum Gasteiger partial charge on any atom is -0.351 e. The number of carbonyl (C=O) groups excluding carboxylic acids is 2. The molecule has 30 heavy (non-hydrogen) atoms. The number of rotatable bonds is 2. The highest BCUT2D eigenvalue weighted by atomic mass is 35.5. The van der Waals surface area contributed by atoms with Crippen LogP contribution in [0.25, 0.3) is 5.57 Å². The van der Waals surface area contributed by atoms with Crippen molar-refractivity contribution in [2.75, 3.05) is 18.0 Å². The summed E-state index contributed by atoms with van der Waals surface area (Å²) in [5, 5.41) is 1.38. The van der Waals surface area contributed by atoms with Gasteiger partial charge in [0.05, 0.1) is 22.7 Å². The molecule has 152 valence electrons. The highest BCUT2D eigenvalue weighted by Crippen LogP contribution is 2.44. The van der Waals surface area contributed by atoms with Crippen molar-refractivity contribution in [1.82, 2.24) is 4.90 Å². The number of hydrogen-bond donors (Lipinski definition) is 0. The van der Waals surface area contributed by atoms with E-state index in [-0.39, 0.29) is 11.8 Å². The average molecular weight is 438 g/mol. The maximum Gasteiger partial charge on any atom is 0.287 e. The first-order valence-electron chi connectivity index (χ1n) is 10.1. The first-order chi connectivity index (χ1) is 14.6. The Morgan fingerprint density at radius 3 is 2.47 bits per heavy atom. The number of nitrogens with zero attached hydrogens (tertiary/aromatic N) is 3. The fraction of sp³-hybridized carbons (Fsp3) is 0.261. The van der Waals surface area contributed by atoms with Gasteiger partial charge in [-0.3, -0.25) is 9.59 Å². The fourth-order valence-electron chi connectivity index (χ4n) is 4.10. The Kier molecular flexibility index (Phi) is 5.13. The number of carbonyl (C=O) groups is 2. The van der Waals surface area contributed by atoms with Crippen molar-refractivity contribution in [2.24, 2.45) is 4.99 Å². The lowest BCUT2D eigenvalue weighted by atomic mass is 10.1. The third-order valence-corrected chi connectivity index (χ3v) is 6.98. The van der Waals surface area contributed by atoms with Gasteiger partial charge in [-0.25, -0.2) is 0 Å². The van der Waals surface area contributed by atoms with Gasteiger partial charge in [0.15, 0.2) is 5.17 Å². The smallest absolute Gasteiger partial charge is 0.287 e. The molecule has 0 radical (unpaired) electrons. The predicted octanol–water partition coefficient (Wildman–Crippen LogP) is 4.71. The summed E-state index contributed by atoms with van der Waals surface area (Å²) in [5.41, 5.74) is 3.05. The van der Waals surface area contributed by atoms with E-state index in [0.29, 0.717) is 22.0 Å².